The fraction of sp³-hybridized carbons (Fsp3) is 0.350. The Morgan fingerprint density at radius 1 is 1.00 bits per heavy atom. The standard InChI is InChI=1S/C20H21ClF2N4O2S/c1-14(19-24-17-4-2-3-5-18(17)27(19)20(22)23)25-10-12-26(13-11-25)30(28,29)16-8-6-15(21)7-9-16/h2-9,14,20H,10-13H2,1H3/t14-/m1/s1. The van der Waals surface area contributed by atoms with Gasteiger partial charge in [0.15, 0.2) is 0 Å². The first-order valence-electron chi connectivity index (χ1n) is 9.54. The largest absolute Gasteiger partial charge is 0.320 e. The van der Waals surface area contributed by atoms with E-state index in [0.717, 1.165) is 4.57 Å². The maximum atomic E-state index is 13.8. The number of benzene rings is 2. The van der Waals surface area contributed by atoms with Gasteiger partial charge in [-0.2, -0.15) is 13.1 Å². The Bertz CT molecular complexity index is 1140. The average Bonchev–Trinajstić information content (AvgIpc) is 3.13. The Hall–Kier alpha value is -2.07. The van der Waals surface area contributed by atoms with E-state index < -0.39 is 16.6 Å². The summed E-state index contributed by atoms with van der Waals surface area (Å²) in [5.41, 5.74) is 0.905. The number of piperazine rings is 1. The second-order valence-corrected chi connectivity index (χ2v) is 9.55. The molecule has 0 N–H and O–H groups in total. The Kier molecular flexibility index (Phi) is 5.80. The molecular formula is C20H21ClF2N4O2S. The zero-order valence-electron chi connectivity index (χ0n) is 16.2. The number of sulfonamides is 1. The van der Waals surface area contributed by atoms with Crippen molar-refractivity contribution in [2.24, 2.45) is 0 Å². The smallest absolute Gasteiger partial charge is 0.291 e. The Morgan fingerprint density at radius 3 is 2.27 bits per heavy atom. The highest BCUT2D eigenvalue weighted by atomic mass is 35.5. The van der Waals surface area contributed by atoms with Crippen molar-refractivity contribution in [1.29, 1.82) is 0 Å². The zero-order valence-corrected chi connectivity index (χ0v) is 17.8. The lowest BCUT2D eigenvalue weighted by Gasteiger charge is -2.37. The Balaban J connectivity index is 1.53. The van der Waals surface area contributed by atoms with Crippen molar-refractivity contribution in [2.75, 3.05) is 26.2 Å². The highest BCUT2D eigenvalue weighted by Gasteiger charge is 2.32. The summed E-state index contributed by atoms with van der Waals surface area (Å²) in [5.74, 6) is 0.278. The van der Waals surface area contributed by atoms with E-state index >= 15 is 0 Å². The van der Waals surface area contributed by atoms with Gasteiger partial charge in [0.1, 0.15) is 5.82 Å². The van der Waals surface area contributed by atoms with E-state index in [1.165, 1.54) is 16.4 Å². The van der Waals surface area contributed by atoms with Gasteiger partial charge in [0.2, 0.25) is 10.0 Å². The number of rotatable bonds is 5. The SMILES string of the molecule is C[C@H](c1nc2ccccc2n1C(F)F)N1CCN(S(=O)(=O)c2ccc(Cl)cc2)CC1. The maximum Gasteiger partial charge on any atom is 0.320 e. The first-order valence-corrected chi connectivity index (χ1v) is 11.4. The third-order valence-electron chi connectivity index (χ3n) is 5.46. The van der Waals surface area contributed by atoms with Gasteiger partial charge in [-0.15, -0.1) is 0 Å². The maximum absolute atomic E-state index is 13.8. The molecule has 0 spiro atoms. The van der Waals surface area contributed by atoms with Crippen molar-refractivity contribution in [3.8, 4) is 0 Å². The molecule has 0 amide bonds. The van der Waals surface area contributed by atoms with Gasteiger partial charge in [-0.05, 0) is 43.3 Å². The number of fused-ring (bicyclic) bond motifs is 1. The van der Waals surface area contributed by atoms with E-state index in [1.54, 1.807) is 36.4 Å². The first kappa shape index (κ1) is 21.2. The number of halogens is 3. The molecule has 0 saturated carbocycles. The minimum Gasteiger partial charge on any atom is -0.291 e. The fourth-order valence-corrected chi connectivity index (χ4v) is 5.36. The summed E-state index contributed by atoms with van der Waals surface area (Å²) in [5, 5.41) is 0.467. The van der Waals surface area contributed by atoms with Gasteiger partial charge < -0.3 is 0 Å². The molecule has 4 rings (SSSR count). The van der Waals surface area contributed by atoms with Crippen LogP contribution in [0.4, 0.5) is 8.78 Å². The van der Waals surface area contributed by atoms with E-state index in [1.807, 2.05) is 11.8 Å². The molecular weight excluding hydrogens is 434 g/mol. The summed E-state index contributed by atoms with van der Waals surface area (Å²) in [6.07, 6.45) is 0. The summed E-state index contributed by atoms with van der Waals surface area (Å²) >= 11 is 5.85. The quantitative estimate of drug-likeness (QED) is 0.581. The van der Waals surface area contributed by atoms with Crippen LogP contribution in [0.25, 0.3) is 11.0 Å². The van der Waals surface area contributed by atoms with Crippen LogP contribution >= 0.6 is 11.6 Å². The Morgan fingerprint density at radius 2 is 1.63 bits per heavy atom. The lowest BCUT2D eigenvalue weighted by atomic mass is 10.2. The third-order valence-corrected chi connectivity index (χ3v) is 7.63. The molecule has 1 atom stereocenters. The summed E-state index contributed by atoms with van der Waals surface area (Å²) in [7, 11) is -3.63. The molecule has 1 aromatic heterocycles. The van der Waals surface area contributed by atoms with Crippen LogP contribution in [0.2, 0.25) is 5.02 Å². The summed E-state index contributed by atoms with van der Waals surface area (Å²) in [4.78, 5) is 6.60. The van der Waals surface area contributed by atoms with Crippen LogP contribution < -0.4 is 0 Å². The number of para-hydroxylation sites is 2. The van der Waals surface area contributed by atoms with E-state index in [2.05, 4.69) is 4.98 Å². The Labute approximate surface area is 178 Å². The number of imidazole rings is 1. The minimum absolute atomic E-state index is 0.188. The highest BCUT2D eigenvalue weighted by molar-refractivity contribution is 7.89. The molecule has 3 aromatic rings. The van der Waals surface area contributed by atoms with Crippen molar-refractivity contribution in [3.05, 3.63) is 59.4 Å². The molecule has 1 fully saturated rings. The molecule has 0 unspecified atom stereocenters. The molecule has 0 aliphatic carbocycles. The molecule has 10 heteroatoms. The van der Waals surface area contributed by atoms with E-state index in [0.29, 0.717) is 29.1 Å². The summed E-state index contributed by atoms with van der Waals surface area (Å²) in [6.45, 7) is 0.486. The molecule has 0 bridgehead atoms. The minimum atomic E-state index is -3.63. The van der Waals surface area contributed by atoms with Gasteiger partial charge in [-0.3, -0.25) is 9.47 Å². The van der Waals surface area contributed by atoms with Gasteiger partial charge in [0.25, 0.3) is 0 Å². The second kappa shape index (κ2) is 8.22. The molecule has 1 aliphatic heterocycles. The number of aromatic nitrogens is 2. The summed E-state index contributed by atoms with van der Waals surface area (Å²) in [6, 6.07) is 12.5. The van der Waals surface area contributed by atoms with Gasteiger partial charge in [-0.1, -0.05) is 23.7 Å². The van der Waals surface area contributed by atoms with Gasteiger partial charge in [-0.25, -0.2) is 13.4 Å². The van der Waals surface area contributed by atoms with Crippen molar-refractivity contribution in [3.63, 3.8) is 0 Å². The van der Waals surface area contributed by atoms with Crippen molar-refractivity contribution in [2.45, 2.75) is 24.4 Å². The average molecular weight is 455 g/mol. The fourth-order valence-electron chi connectivity index (χ4n) is 3.81. The van der Waals surface area contributed by atoms with Crippen LogP contribution in [0.3, 0.4) is 0 Å². The zero-order chi connectivity index (χ0) is 21.5. The highest BCUT2D eigenvalue weighted by Crippen LogP contribution is 2.30. The lowest BCUT2D eigenvalue weighted by Crippen LogP contribution is -2.49. The molecule has 0 radical (unpaired) electrons. The van der Waals surface area contributed by atoms with Crippen LogP contribution in [-0.2, 0) is 10.0 Å². The number of hydrogen-bond acceptors (Lipinski definition) is 4. The number of nitrogens with zero attached hydrogens (tertiary/aromatic N) is 4. The molecule has 30 heavy (non-hydrogen) atoms. The van der Waals surface area contributed by atoms with Crippen LogP contribution in [0.1, 0.15) is 25.3 Å². The molecule has 160 valence electrons. The molecule has 1 saturated heterocycles. The predicted molar refractivity (Wildman–Crippen MR) is 111 cm³/mol. The van der Waals surface area contributed by atoms with E-state index in [4.69, 9.17) is 11.6 Å². The molecule has 1 aliphatic rings. The van der Waals surface area contributed by atoms with Crippen LogP contribution in [0.15, 0.2) is 53.4 Å². The normalized spacial score (nSPS) is 17.6. The van der Waals surface area contributed by atoms with Gasteiger partial charge in [0, 0.05) is 31.2 Å². The molecule has 2 aromatic carbocycles. The number of alkyl halides is 2. The predicted octanol–water partition coefficient (Wildman–Crippen LogP) is 4.15. The van der Waals surface area contributed by atoms with Crippen LogP contribution in [0.5, 0.6) is 0 Å². The monoisotopic (exact) mass is 454 g/mol. The number of hydrogen-bond donors (Lipinski definition) is 0. The van der Waals surface area contributed by atoms with E-state index in [-0.39, 0.29) is 29.9 Å². The second-order valence-electron chi connectivity index (χ2n) is 7.18. The molecule has 2 heterocycles. The van der Waals surface area contributed by atoms with Crippen molar-refractivity contribution < 1.29 is 17.2 Å². The van der Waals surface area contributed by atoms with Crippen molar-refractivity contribution >= 4 is 32.7 Å². The topological polar surface area (TPSA) is 58.4 Å². The van der Waals surface area contributed by atoms with Gasteiger partial charge >= 0.3 is 6.55 Å². The summed E-state index contributed by atoms with van der Waals surface area (Å²) < 4.78 is 55.6. The van der Waals surface area contributed by atoms with Crippen molar-refractivity contribution in [1.82, 2.24) is 18.8 Å². The van der Waals surface area contributed by atoms with Crippen LogP contribution in [0, 0.1) is 0 Å². The first-order chi connectivity index (χ1) is 14.3. The molecule has 6 nitrogen and oxygen atoms in total. The van der Waals surface area contributed by atoms with Crippen LogP contribution in [-0.4, -0.2) is 53.4 Å². The van der Waals surface area contributed by atoms with Gasteiger partial charge in [0.05, 0.1) is 22.0 Å². The van der Waals surface area contributed by atoms with E-state index in [9.17, 15) is 17.2 Å². The lowest BCUT2D eigenvalue weighted by molar-refractivity contribution is 0.0616. The third kappa shape index (κ3) is 3.82.